The van der Waals surface area contributed by atoms with E-state index in [1.54, 1.807) is 13.8 Å². The number of alkyl halides is 1. The van der Waals surface area contributed by atoms with E-state index < -0.39 is 62.1 Å². The van der Waals surface area contributed by atoms with Gasteiger partial charge in [-0.2, -0.15) is 0 Å². The van der Waals surface area contributed by atoms with Crippen molar-refractivity contribution < 1.29 is 42.7 Å². The van der Waals surface area contributed by atoms with Gasteiger partial charge in [0.2, 0.25) is 5.75 Å². The van der Waals surface area contributed by atoms with Crippen LogP contribution in [0.1, 0.15) is 39.8 Å². The molecule has 1 aliphatic rings. The summed E-state index contributed by atoms with van der Waals surface area (Å²) < 4.78 is 47.5. The summed E-state index contributed by atoms with van der Waals surface area (Å²) in [7, 11) is -1.18. The average molecular weight is 571 g/mol. The van der Waals surface area contributed by atoms with Crippen LogP contribution in [0.2, 0.25) is 0 Å². The molecule has 214 valence electrons. The Morgan fingerprint density at radius 1 is 1.33 bits per heavy atom. The van der Waals surface area contributed by atoms with Crippen LogP contribution >= 0.6 is 8.17 Å². The molecular formula is C24H31FN3O10P. The predicted molar refractivity (Wildman–Crippen MR) is 135 cm³/mol. The number of hydrogen-bond donors (Lipinski definition) is 2. The molecule has 0 aliphatic carbocycles. The standard InChI is InChI=1S/C24H31FN3O10P/c1-5-14(12-36-20(30)6-2)27-39(33)38-16-8-7-15(34-4)11-17(16)35-13-18-21(31)24(3,25)22(37-18)28-10-9-19(29)26-23(28)32/h7-11,14,18,21-22,31H,5-6,12-13H2,1-4H3,(H,26,29,32)/t14-,18+,21+,22+,24+/m0/s1. The second-order valence-corrected chi connectivity index (χ2v) is 9.70. The molecular weight excluding hydrogens is 540 g/mol. The molecule has 2 heterocycles. The number of nitrogens with zero attached hydrogens (tertiary/aromatic N) is 2. The minimum atomic E-state index is -2.60. The van der Waals surface area contributed by atoms with E-state index in [2.05, 4.69) is 4.74 Å². The number of carbonyl (C=O) groups is 1. The summed E-state index contributed by atoms with van der Waals surface area (Å²) in [5, 5.41) is 10.6. The Morgan fingerprint density at radius 2 is 2.08 bits per heavy atom. The lowest BCUT2D eigenvalue weighted by Gasteiger charge is -2.24. The lowest BCUT2D eigenvalue weighted by Crippen LogP contribution is -2.43. The molecule has 39 heavy (non-hydrogen) atoms. The maximum atomic E-state index is 15.5. The highest BCUT2D eigenvalue weighted by molar-refractivity contribution is 7.34. The fourth-order valence-corrected chi connectivity index (χ4v) is 4.57. The molecule has 1 unspecified atom stereocenters. The Balaban J connectivity index is 1.76. The second-order valence-electron chi connectivity index (χ2n) is 8.81. The van der Waals surface area contributed by atoms with Gasteiger partial charge in [0, 0.05) is 24.8 Å². The molecule has 1 aromatic heterocycles. The van der Waals surface area contributed by atoms with Gasteiger partial charge < -0.3 is 28.9 Å². The third kappa shape index (κ3) is 7.41. The number of aromatic nitrogens is 2. The minimum absolute atomic E-state index is 0.0185. The monoisotopic (exact) mass is 571 g/mol. The Hall–Kier alpha value is -3.32. The molecule has 0 radical (unpaired) electrons. The van der Waals surface area contributed by atoms with Crippen LogP contribution in [0.3, 0.4) is 0 Å². The van der Waals surface area contributed by atoms with Crippen molar-refractivity contribution in [2.24, 2.45) is 4.74 Å². The number of H-pyrrole nitrogens is 1. The van der Waals surface area contributed by atoms with E-state index in [-0.39, 0.29) is 24.5 Å². The normalized spacial score (nSPS) is 23.8. The fourth-order valence-electron chi connectivity index (χ4n) is 3.70. The first-order valence-electron chi connectivity index (χ1n) is 12.2. The van der Waals surface area contributed by atoms with Crippen molar-refractivity contribution in [3.8, 4) is 17.2 Å². The first-order chi connectivity index (χ1) is 18.5. The zero-order chi connectivity index (χ0) is 28.7. The molecule has 0 spiro atoms. The van der Waals surface area contributed by atoms with E-state index >= 15 is 4.39 Å². The summed E-state index contributed by atoms with van der Waals surface area (Å²) in [6.45, 7) is 4.07. The Bertz CT molecular complexity index is 1300. The molecule has 1 aliphatic heterocycles. The molecule has 2 N–H and O–H groups in total. The molecule has 1 saturated heterocycles. The van der Waals surface area contributed by atoms with Crippen molar-refractivity contribution in [3.05, 3.63) is 51.3 Å². The first kappa shape index (κ1) is 30.2. The number of methoxy groups -OCH3 is 1. The maximum Gasteiger partial charge on any atom is 0.395 e. The lowest BCUT2D eigenvalue weighted by atomic mass is 9.98. The van der Waals surface area contributed by atoms with Crippen molar-refractivity contribution in [2.45, 2.75) is 63.8 Å². The number of esters is 1. The van der Waals surface area contributed by atoms with Crippen molar-refractivity contribution >= 4 is 14.1 Å². The van der Waals surface area contributed by atoms with Crippen LogP contribution < -0.4 is 30.1 Å². The molecule has 15 heteroatoms. The molecule has 13 nitrogen and oxygen atoms in total. The van der Waals surface area contributed by atoms with E-state index in [1.165, 1.54) is 25.3 Å². The Labute approximate surface area is 224 Å². The molecule has 6 atom stereocenters. The van der Waals surface area contributed by atoms with Crippen LogP contribution in [-0.4, -0.2) is 64.9 Å². The number of halogens is 1. The first-order valence-corrected chi connectivity index (χ1v) is 13.3. The number of aliphatic hydroxyl groups is 1. The van der Waals surface area contributed by atoms with Crippen LogP contribution in [-0.2, 0) is 14.3 Å². The second kappa shape index (κ2) is 13.2. The molecule has 0 saturated carbocycles. The molecule has 2 aromatic rings. The number of aromatic amines is 1. The maximum absolute atomic E-state index is 15.5. The van der Waals surface area contributed by atoms with Crippen LogP contribution in [0.4, 0.5) is 4.39 Å². The highest BCUT2D eigenvalue weighted by Crippen LogP contribution is 2.42. The van der Waals surface area contributed by atoms with E-state index in [4.69, 9.17) is 23.5 Å². The van der Waals surface area contributed by atoms with Crippen LogP contribution in [0.15, 0.2) is 44.8 Å². The van der Waals surface area contributed by atoms with Gasteiger partial charge in [-0.05, 0) is 25.5 Å². The fraction of sp³-hybridized carbons (Fsp3) is 0.542. The summed E-state index contributed by atoms with van der Waals surface area (Å²) in [5.74, 6) is 0.0201. The van der Waals surface area contributed by atoms with Crippen LogP contribution in [0.25, 0.3) is 0 Å². The van der Waals surface area contributed by atoms with Gasteiger partial charge in [0.1, 0.15) is 37.2 Å². The number of nitrogens with one attached hydrogen (secondary N) is 1. The summed E-state index contributed by atoms with van der Waals surface area (Å²) in [6.07, 6.45) is -2.77. The van der Waals surface area contributed by atoms with Gasteiger partial charge in [-0.15, -0.1) is 0 Å². The van der Waals surface area contributed by atoms with Gasteiger partial charge in [-0.25, -0.2) is 9.18 Å². The minimum Gasteiger partial charge on any atom is -0.575 e. The molecule has 0 bridgehead atoms. The highest BCUT2D eigenvalue weighted by atomic mass is 31.1. The van der Waals surface area contributed by atoms with E-state index in [0.29, 0.717) is 12.2 Å². The quantitative estimate of drug-likeness (QED) is 0.281. The van der Waals surface area contributed by atoms with E-state index in [9.17, 15) is 24.4 Å². The van der Waals surface area contributed by atoms with Gasteiger partial charge in [0.15, 0.2) is 17.6 Å². The number of aliphatic hydroxyl groups excluding tert-OH is 1. The molecule has 1 fully saturated rings. The molecule has 1 aromatic carbocycles. The van der Waals surface area contributed by atoms with Crippen LogP contribution in [0.5, 0.6) is 17.2 Å². The topological polar surface area (TPSA) is 174 Å². The van der Waals surface area contributed by atoms with Crippen molar-refractivity contribution in [1.29, 1.82) is 0 Å². The van der Waals surface area contributed by atoms with Gasteiger partial charge in [-0.1, -0.05) is 18.6 Å². The average Bonchev–Trinajstić information content (AvgIpc) is 3.13. The Kier molecular flexibility index (Phi) is 10.2. The molecule has 3 rings (SSSR count). The summed E-state index contributed by atoms with van der Waals surface area (Å²) in [4.78, 5) is 49.6. The highest BCUT2D eigenvalue weighted by Gasteiger charge is 2.55. The van der Waals surface area contributed by atoms with Crippen molar-refractivity contribution in [1.82, 2.24) is 9.55 Å². The third-order valence-corrected chi connectivity index (χ3v) is 6.87. The van der Waals surface area contributed by atoms with Gasteiger partial charge in [-0.3, -0.25) is 23.7 Å². The number of carbonyl (C=O) groups excluding carboxylic acids is 1. The summed E-state index contributed by atoms with van der Waals surface area (Å²) in [6, 6.07) is 4.87. The van der Waals surface area contributed by atoms with Gasteiger partial charge in [0.25, 0.3) is 5.56 Å². The van der Waals surface area contributed by atoms with E-state index in [0.717, 1.165) is 23.8 Å². The van der Waals surface area contributed by atoms with Gasteiger partial charge in [0.05, 0.1) is 7.11 Å². The van der Waals surface area contributed by atoms with Gasteiger partial charge >= 0.3 is 19.8 Å². The Morgan fingerprint density at radius 3 is 2.72 bits per heavy atom. The van der Waals surface area contributed by atoms with Crippen molar-refractivity contribution in [2.75, 3.05) is 20.3 Å². The van der Waals surface area contributed by atoms with E-state index in [1.807, 2.05) is 4.98 Å². The number of hydrogen-bond acceptors (Lipinski definition) is 11. The number of benzene rings is 1. The summed E-state index contributed by atoms with van der Waals surface area (Å²) in [5.41, 5.74) is -3.99. The third-order valence-electron chi connectivity index (χ3n) is 6.01. The largest absolute Gasteiger partial charge is 0.575 e. The SMILES string of the molecule is CCC(=O)OC[C@H](CC)N=[P+]([O-])Oc1ccc(OC)cc1OC[C@H]1O[C@@H](n2ccc(=O)[nH]c2=O)[C@](C)(F)[C@@H]1O. The van der Waals surface area contributed by atoms with Crippen molar-refractivity contribution in [3.63, 3.8) is 0 Å². The van der Waals surface area contributed by atoms with Crippen LogP contribution in [0, 0.1) is 0 Å². The summed E-state index contributed by atoms with van der Waals surface area (Å²) >= 11 is 0. The zero-order valence-electron chi connectivity index (χ0n) is 21.9. The zero-order valence-corrected chi connectivity index (χ0v) is 22.8. The smallest absolute Gasteiger partial charge is 0.395 e. The number of ether oxygens (including phenoxy) is 4. The lowest BCUT2D eigenvalue weighted by molar-refractivity contribution is -0.169. The number of rotatable bonds is 12. The molecule has 0 amide bonds. The predicted octanol–water partition coefficient (Wildman–Crippen LogP) is 1.58.